The van der Waals surface area contributed by atoms with Crippen molar-refractivity contribution in [2.45, 2.75) is 24.4 Å². The van der Waals surface area contributed by atoms with E-state index in [0.717, 1.165) is 33.4 Å². The SMILES string of the molecule is COc1ccc(-c2cccc3c2C2(O)c4cccc(-c5ccc(OC)cc5)c4C3(O)c3c(-c4ccccc4)c(CO)c(CO)c(-c4ccccc4)c32)cc1. The van der Waals surface area contributed by atoms with Crippen LogP contribution in [0.5, 0.6) is 11.5 Å². The topological polar surface area (TPSA) is 99.4 Å². The van der Waals surface area contributed by atoms with E-state index in [1.807, 2.05) is 146 Å². The number of rotatable bonds is 8. The highest BCUT2D eigenvalue weighted by atomic mass is 16.5. The molecule has 7 aromatic carbocycles. The second-order valence-corrected chi connectivity index (χ2v) is 13.8. The van der Waals surface area contributed by atoms with Crippen LogP contribution in [0.1, 0.15) is 44.5 Å². The summed E-state index contributed by atoms with van der Waals surface area (Å²) in [6, 6.07) is 46.3. The molecule has 0 saturated heterocycles. The summed E-state index contributed by atoms with van der Waals surface area (Å²) >= 11 is 0. The van der Waals surface area contributed by atoms with Crippen LogP contribution in [-0.2, 0) is 24.4 Å². The van der Waals surface area contributed by atoms with E-state index < -0.39 is 24.4 Å². The van der Waals surface area contributed by atoms with Gasteiger partial charge >= 0.3 is 0 Å². The lowest BCUT2D eigenvalue weighted by molar-refractivity contribution is 0.0509. The summed E-state index contributed by atoms with van der Waals surface area (Å²) in [6.07, 6.45) is 0. The lowest BCUT2D eigenvalue weighted by Crippen LogP contribution is -2.52. The highest BCUT2D eigenvalue weighted by Crippen LogP contribution is 2.67. The Bertz CT molecular complexity index is 2370. The van der Waals surface area contributed by atoms with Gasteiger partial charge in [0.15, 0.2) is 0 Å². The van der Waals surface area contributed by atoms with Crippen LogP contribution in [-0.4, -0.2) is 34.6 Å². The minimum atomic E-state index is -1.85. The first-order valence-corrected chi connectivity index (χ1v) is 18.0. The maximum Gasteiger partial charge on any atom is 0.143 e. The lowest BCUT2D eigenvalue weighted by Gasteiger charge is -2.55. The van der Waals surface area contributed by atoms with Crippen molar-refractivity contribution in [3.63, 3.8) is 0 Å². The van der Waals surface area contributed by atoms with E-state index in [1.54, 1.807) is 14.2 Å². The van der Waals surface area contributed by atoms with Crippen molar-refractivity contribution in [2.75, 3.05) is 14.2 Å². The Morgan fingerprint density at radius 1 is 0.407 bits per heavy atom. The average molecular weight is 711 g/mol. The smallest absolute Gasteiger partial charge is 0.143 e. The summed E-state index contributed by atoms with van der Waals surface area (Å²) in [7, 11) is 3.25. The van der Waals surface area contributed by atoms with Gasteiger partial charge in [0.05, 0.1) is 27.4 Å². The second-order valence-electron chi connectivity index (χ2n) is 13.8. The Labute approximate surface area is 313 Å². The number of aliphatic hydroxyl groups excluding tert-OH is 2. The van der Waals surface area contributed by atoms with Gasteiger partial charge in [0.2, 0.25) is 0 Å². The van der Waals surface area contributed by atoms with E-state index in [0.29, 0.717) is 67.1 Å². The molecule has 0 heterocycles. The van der Waals surface area contributed by atoms with Gasteiger partial charge in [-0.05, 0) is 79.9 Å². The molecule has 10 rings (SSSR count). The molecule has 0 amide bonds. The number of hydrogen-bond acceptors (Lipinski definition) is 6. The zero-order valence-corrected chi connectivity index (χ0v) is 29.9. The highest BCUT2D eigenvalue weighted by Gasteiger charge is 2.62. The van der Waals surface area contributed by atoms with Crippen molar-refractivity contribution in [3.8, 4) is 56.0 Å². The zero-order valence-electron chi connectivity index (χ0n) is 29.9. The molecular formula is C48H38O6. The fourth-order valence-corrected chi connectivity index (χ4v) is 9.07. The van der Waals surface area contributed by atoms with Crippen LogP contribution in [0.4, 0.5) is 0 Å². The lowest BCUT2D eigenvalue weighted by atomic mass is 9.51. The number of ether oxygens (including phenoxy) is 2. The molecule has 3 aliphatic rings. The molecular weight excluding hydrogens is 673 g/mol. The minimum Gasteiger partial charge on any atom is -0.497 e. The second kappa shape index (κ2) is 12.8. The van der Waals surface area contributed by atoms with Crippen LogP contribution in [0.25, 0.3) is 44.5 Å². The average Bonchev–Trinajstić information content (AvgIpc) is 3.24. The minimum absolute atomic E-state index is 0.409. The van der Waals surface area contributed by atoms with Gasteiger partial charge in [-0.25, -0.2) is 0 Å². The Morgan fingerprint density at radius 3 is 1.11 bits per heavy atom. The molecule has 266 valence electrons. The van der Waals surface area contributed by atoms with Crippen molar-refractivity contribution in [1.29, 1.82) is 0 Å². The molecule has 0 aromatic heterocycles. The fourth-order valence-electron chi connectivity index (χ4n) is 9.07. The molecule has 6 heteroatoms. The molecule has 0 saturated carbocycles. The zero-order chi connectivity index (χ0) is 37.2. The van der Waals surface area contributed by atoms with E-state index in [2.05, 4.69) is 0 Å². The van der Waals surface area contributed by atoms with Gasteiger partial charge in [-0.15, -0.1) is 0 Å². The molecule has 0 spiro atoms. The molecule has 0 radical (unpaired) electrons. The van der Waals surface area contributed by atoms with Crippen molar-refractivity contribution in [3.05, 3.63) is 190 Å². The Balaban J connectivity index is 1.52. The molecule has 2 atom stereocenters. The van der Waals surface area contributed by atoms with Crippen LogP contribution in [0.3, 0.4) is 0 Å². The molecule has 54 heavy (non-hydrogen) atoms. The van der Waals surface area contributed by atoms with Gasteiger partial charge in [-0.3, -0.25) is 0 Å². The monoisotopic (exact) mass is 710 g/mol. The van der Waals surface area contributed by atoms with Gasteiger partial charge in [-0.2, -0.15) is 0 Å². The molecule has 0 fully saturated rings. The quantitative estimate of drug-likeness (QED) is 0.126. The summed E-state index contributed by atoms with van der Waals surface area (Å²) in [5, 5.41) is 51.2. The predicted octanol–water partition coefficient (Wildman–Crippen LogP) is 8.55. The van der Waals surface area contributed by atoms with Gasteiger partial charge in [-0.1, -0.05) is 121 Å². The fraction of sp³-hybridized carbons (Fsp3) is 0.125. The third-order valence-electron chi connectivity index (χ3n) is 11.3. The van der Waals surface area contributed by atoms with Crippen LogP contribution in [0, 0.1) is 0 Å². The Hall–Kier alpha value is -6.02. The molecule has 6 nitrogen and oxygen atoms in total. The largest absolute Gasteiger partial charge is 0.497 e. The Morgan fingerprint density at radius 2 is 0.778 bits per heavy atom. The van der Waals surface area contributed by atoms with E-state index in [1.165, 1.54) is 0 Å². The molecule has 7 aromatic rings. The highest BCUT2D eigenvalue weighted by molar-refractivity contribution is 5.95. The summed E-state index contributed by atoms with van der Waals surface area (Å²) in [5.74, 6) is 1.40. The molecule has 0 aliphatic heterocycles. The van der Waals surface area contributed by atoms with E-state index >= 15 is 0 Å². The molecule has 2 bridgehead atoms. The standard InChI is InChI=1S/C48H38O6/c1-53-33-23-19-29(20-24-33)35-15-9-17-39-43(35)47(51)40-18-10-16-36(30-21-25-34(54-2)26-22-30)44(40)48(39,52)46-42(32-13-7-4-8-14-32)38(28-50)37(27-49)41(45(46)47)31-11-5-3-6-12-31/h3-26,49-52H,27-28H2,1-2H3. The summed E-state index contributed by atoms with van der Waals surface area (Å²) in [4.78, 5) is 0. The summed E-state index contributed by atoms with van der Waals surface area (Å²) in [5.41, 5.74) is 6.23. The molecule has 3 aliphatic carbocycles. The van der Waals surface area contributed by atoms with Crippen LogP contribution in [0.2, 0.25) is 0 Å². The molecule has 2 unspecified atom stereocenters. The van der Waals surface area contributed by atoms with Crippen LogP contribution >= 0.6 is 0 Å². The van der Waals surface area contributed by atoms with Gasteiger partial charge in [0, 0.05) is 33.4 Å². The van der Waals surface area contributed by atoms with Gasteiger partial charge in [0.1, 0.15) is 22.7 Å². The van der Waals surface area contributed by atoms with E-state index in [9.17, 15) is 20.4 Å². The number of benzene rings is 7. The van der Waals surface area contributed by atoms with Gasteiger partial charge < -0.3 is 29.9 Å². The number of hydrogen-bond donors (Lipinski definition) is 4. The first kappa shape index (κ1) is 33.8. The summed E-state index contributed by atoms with van der Waals surface area (Å²) in [6.45, 7) is -0.819. The normalized spacial score (nSPS) is 17.7. The predicted molar refractivity (Wildman–Crippen MR) is 210 cm³/mol. The van der Waals surface area contributed by atoms with Gasteiger partial charge in [0.25, 0.3) is 0 Å². The van der Waals surface area contributed by atoms with Crippen molar-refractivity contribution < 1.29 is 29.9 Å². The maximum atomic E-state index is 14.3. The van der Waals surface area contributed by atoms with Crippen LogP contribution in [0.15, 0.2) is 146 Å². The number of aliphatic hydroxyl groups is 4. The summed E-state index contributed by atoms with van der Waals surface area (Å²) < 4.78 is 11.0. The van der Waals surface area contributed by atoms with Crippen molar-refractivity contribution in [1.82, 2.24) is 0 Å². The van der Waals surface area contributed by atoms with E-state index in [-0.39, 0.29) is 0 Å². The maximum absolute atomic E-state index is 14.3. The van der Waals surface area contributed by atoms with E-state index in [4.69, 9.17) is 9.47 Å². The Kier molecular flexibility index (Phi) is 8.03. The third-order valence-corrected chi connectivity index (χ3v) is 11.3. The van der Waals surface area contributed by atoms with Crippen molar-refractivity contribution in [2.24, 2.45) is 0 Å². The van der Waals surface area contributed by atoms with Crippen molar-refractivity contribution >= 4 is 0 Å². The first-order valence-electron chi connectivity index (χ1n) is 18.0. The molecule has 4 N–H and O–H groups in total. The van der Waals surface area contributed by atoms with Crippen LogP contribution < -0.4 is 9.47 Å². The number of methoxy groups -OCH3 is 2. The first-order chi connectivity index (χ1) is 26.4. The third kappa shape index (κ3) is 4.61.